The number of carbonyl (C=O) groups is 3. The third kappa shape index (κ3) is 7.27. The Morgan fingerprint density at radius 3 is 2.41 bits per heavy atom. The van der Waals surface area contributed by atoms with Gasteiger partial charge in [-0.15, -0.1) is 5.10 Å². The number of hydrogen-bond acceptors (Lipinski definition) is 8. The number of piperidine rings is 4. The van der Waals surface area contributed by atoms with Gasteiger partial charge in [-0.2, -0.15) is 5.10 Å². The van der Waals surface area contributed by atoms with Crippen LogP contribution in [0.3, 0.4) is 0 Å². The third-order valence-corrected chi connectivity index (χ3v) is 7.95. The summed E-state index contributed by atoms with van der Waals surface area (Å²) < 4.78 is 1.93. The first kappa shape index (κ1) is 28.4. The summed E-state index contributed by atoms with van der Waals surface area (Å²) in [5.41, 5.74) is 3.29. The van der Waals surface area contributed by atoms with Crippen LogP contribution in [0.5, 0.6) is 0 Å². The monoisotopic (exact) mass is 539 g/mol. The number of hydrogen-bond donors (Lipinski definition) is 3. The van der Waals surface area contributed by atoms with E-state index in [0.29, 0.717) is 18.2 Å². The van der Waals surface area contributed by atoms with Gasteiger partial charge in [-0.25, -0.2) is 0 Å². The molecule has 0 spiro atoms. The second-order valence-corrected chi connectivity index (χ2v) is 10.3. The zero-order valence-corrected chi connectivity index (χ0v) is 22.1. The molecule has 3 aromatic rings. The van der Waals surface area contributed by atoms with Crippen LogP contribution in [0.15, 0.2) is 24.4 Å². The zero-order valence-electron chi connectivity index (χ0n) is 22.1. The molecule has 12 nitrogen and oxygen atoms in total. The molecule has 7 rings (SSSR count). The largest absolute Gasteiger partial charge is 0.483 e. The van der Waals surface area contributed by atoms with Gasteiger partial charge >= 0.3 is 0 Å². The van der Waals surface area contributed by atoms with Crippen LogP contribution in [0.1, 0.15) is 55.4 Å². The van der Waals surface area contributed by atoms with Crippen molar-refractivity contribution in [1.29, 1.82) is 0 Å². The molecule has 0 radical (unpaired) electrons. The van der Waals surface area contributed by atoms with Gasteiger partial charge < -0.3 is 15.1 Å². The number of nitrogens with one attached hydrogen (secondary N) is 1. The summed E-state index contributed by atoms with van der Waals surface area (Å²) in [5, 5.41) is 30.9. The van der Waals surface area contributed by atoms with Gasteiger partial charge in [0.2, 0.25) is 0 Å². The number of carboxylic acid groups (broad SMARTS) is 2. The fourth-order valence-electron chi connectivity index (χ4n) is 5.97. The van der Waals surface area contributed by atoms with Crippen LogP contribution in [-0.4, -0.2) is 103 Å². The van der Waals surface area contributed by atoms with E-state index in [1.54, 1.807) is 0 Å². The van der Waals surface area contributed by atoms with Gasteiger partial charge in [0.25, 0.3) is 12.9 Å². The van der Waals surface area contributed by atoms with Crippen LogP contribution in [0, 0.1) is 5.92 Å². The minimum absolute atomic E-state index is 0.148. The van der Waals surface area contributed by atoms with E-state index in [0.717, 1.165) is 60.7 Å². The number of likely N-dealkylation sites (tertiary alicyclic amines) is 1. The Morgan fingerprint density at radius 2 is 1.74 bits per heavy atom. The first-order chi connectivity index (χ1) is 19.1. The predicted molar refractivity (Wildman–Crippen MR) is 144 cm³/mol. The number of ketones is 1. The Labute approximate surface area is 227 Å². The van der Waals surface area contributed by atoms with Gasteiger partial charge in [0.05, 0.1) is 18.3 Å². The Kier molecular flexibility index (Phi) is 10.1. The summed E-state index contributed by atoms with van der Waals surface area (Å²) in [4.78, 5) is 34.8. The van der Waals surface area contributed by atoms with Crippen LogP contribution in [0.4, 0.5) is 0 Å². The van der Waals surface area contributed by atoms with Crippen LogP contribution >= 0.6 is 0 Å². The predicted octanol–water partition coefficient (Wildman–Crippen LogP) is 2.77. The summed E-state index contributed by atoms with van der Waals surface area (Å²) in [6.45, 7) is 6.05. The smallest absolute Gasteiger partial charge is 0.290 e. The van der Waals surface area contributed by atoms with Crippen molar-refractivity contribution in [3.8, 4) is 11.3 Å². The van der Waals surface area contributed by atoms with E-state index in [1.807, 2.05) is 29.1 Å². The van der Waals surface area contributed by atoms with E-state index in [-0.39, 0.29) is 18.7 Å². The summed E-state index contributed by atoms with van der Waals surface area (Å²) in [6, 6.07) is 6.45. The van der Waals surface area contributed by atoms with E-state index < -0.39 is 0 Å². The van der Waals surface area contributed by atoms with Crippen LogP contribution in [-0.2, 0) is 16.1 Å². The van der Waals surface area contributed by atoms with E-state index in [1.165, 1.54) is 45.2 Å². The molecule has 2 bridgehead atoms. The normalized spacial score (nSPS) is 22.3. The van der Waals surface area contributed by atoms with Gasteiger partial charge in [0.1, 0.15) is 11.4 Å². The maximum Gasteiger partial charge on any atom is 0.290 e. The van der Waals surface area contributed by atoms with E-state index >= 15 is 0 Å². The number of fused-ring (bicyclic) bond motifs is 4. The maximum atomic E-state index is 13.1. The van der Waals surface area contributed by atoms with Gasteiger partial charge in [0.15, 0.2) is 5.78 Å². The summed E-state index contributed by atoms with van der Waals surface area (Å²) in [6.07, 6.45) is 10.3. The first-order valence-corrected chi connectivity index (χ1v) is 13.6. The average molecular weight is 540 g/mol. The second kappa shape index (κ2) is 13.9. The number of carbonyl (C=O) groups excluding carboxylic acids is 1. The number of Topliss-reactive ketones (excluding diaryl/α,β-unsaturated/α-hetero) is 1. The fraction of sp³-hybridized carbons (Fsp3) is 0.556. The molecule has 1 atom stereocenters. The van der Waals surface area contributed by atoms with Gasteiger partial charge in [0, 0.05) is 30.0 Å². The Hall–Kier alpha value is -3.64. The van der Waals surface area contributed by atoms with Gasteiger partial charge in [-0.05, 0) is 76.3 Å². The fourth-order valence-corrected chi connectivity index (χ4v) is 5.97. The van der Waals surface area contributed by atoms with Gasteiger partial charge in [-0.1, -0.05) is 17.7 Å². The highest BCUT2D eigenvalue weighted by Crippen LogP contribution is 2.34. The van der Waals surface area contributed by atoms with Crippen molar-refractivity contribution >= 4 is 29.6 Å². The van der Waals surface area contributed by atoms with E-state index in [4.69, 9.17) is 19.8 Å². The van der Waals surface area contributed by atoms with Crippen molar-refractivity contribution in [1.82, 2.24) is 35.0 Å². The SMILES string of the molecule is O=C(C[C@@H]1CC2CCN1CC2)c1n[nH]c2cc(-c3cn(CCN4CCCCC4)nn3)ccc12.O=CO.O=CO. The molecule has 0 aliphatic carbocycles. The van der Waals surface area contributed by atoms with Crippen LogP contribution in [0.25, 0.3) is 22.2 Å². The molecule has 4 saturated heterocycles. The van der Waals surface area contributed by atoms with Crippen molar-refractivity contribution < 1.29 is 24.6 Å². The zero-order chi connectivity index (χ0) is 27.6. The van der Waals surface area contributed by atoms with E-state index in [9.17, 15) is 4.79 Å². The number of rotatable bonds is 7. The van der Waals surface area contributed by atoms with Crippen molar-refractivity contribution in [3.63, 3.8) is 0 Å². The lowest BCUT2D eigenvalue weighted by molar-refractivity contribution is -0.123. The molecule has 4 aliphatic heterocycles. The molecular formula is C27H37N7O5. The quantitative estimate of drug-likeness (QED) is 0.301. The first-order valence-electron chi connectivity index (χ1n) is 13.6. The number of benzene rings is 1. The molecule has 1 aromatic carbocycles. The molecule has 39 heavy (non-hydrogen) atoms. The lowest BCUT2D eigenvalue weighted by Crippen LogP contribution is -2.49. The Balaban J connectivity index is 0.000000541. The molecular weight excluding hydrogens is 502 g/mol. The molecule has 3 N–H and O–H groups in total. The van der Waals surface area contributed by atoms with Crippen molar-refractivity contribution in [2.45, 2.75) is 57.5 Å². The highest BCUT2D eigenvalue weighted by Gasteiger charge is 2.35. The molecule has 12 heteroatoms. The lowest BCUT2D eigenvalue weighted by atomic mass is 9.81. The Morgan fingerprint density at radius 1 is 1.03 bits per heavy atom. The number of nitrogens with zero attached hydrogens (tertiary/aromatic N) is 6. The third-order valence-electron chi connectivity index (χ3n) is 7.95. The lowest BCUT2D eigenvalue weighted by Gasteiger charge is -2.45. The van der Waals surface area contributed by atoms with Crippen LogP contribution < -0.4 is 0 Å². The van der Waals surface area contributed by atoms with Crippen molar-refractivity contribution in [2.75, 3.05) is 32.7 Å². The Bertz CT molecular complexity index is 1220. The summed E-state index contributed by atoms with van der Waals surface area (Å²) in [7, 11) is 0. The number of aromatic amines is 1. The highest BCUT2D eigenvalue weighted by atomic mass is 16.3. The average Bonchev–Trinajstić information content (AvgIpc) is 3.61. The van der Waals surface area contributed by atoms with E-state index in [2.05, 4.69) is 30.3 Å². The number of H-pyrrole nitrogens is 1. The van der Waals surface area contributed by atoms with Gasteiger partial charge in [-0.3, -0.25) is 29.1 Å². The molecule has 4 aliphatic rings. The second-order valence-electron chi connectivity index (χ2n) is 10.3. The molecule has 0 saturated carbocycles. The molecule has 4 fully saturated rings. The topological polar surface area (TPSA) is 158 Å². The standard InChI is InChI=1S/C25H33N7O.2CH2O2/c33-24(16-20-14-18-6-10-31(20)11-7-18)25-21-5-4-19(15-22(21)26-28-25)23-17-32(29-27-23)13-12-30-8-2-1-3-9-30;2*2-1-3/h4-5,15,17-18,20H,1-3,6-14,16H2,(H,26,28);2*1H,(H,2,3)/t20-;;/m0../s1. The van der Waals surface area contributed by atoms with Crippen LogP contribution in [0.2, 0.25) is 0 Å². The molecule has 0 amide bonds. The summed E-state index contributed by atoms with van der Waals surface area (Å²) >= 11 is 0. The minimum atomic E-state index is -0.250. The maximum absolute atomic E-state index is 13.1. The molecule has 6 heterocycles. The van der Waals surface area contributed by atoms with Crippen molar-refractivity contribution in [3.05, 3.63) is 30.1 Å². The highest BCUT2D eigenvalue weighted by molar-refractivity contribution is 6.06. The molecule has 210 valence electrons. The molecule has 2 aromatic heterocycles. The molecule has 0 unspecified atom stereocenters. The summed E-state index contributed by atoms with van der Waals surface area (Å²) in [5.74, 6) is 0.953. The van der Waals surface area contributed by atoms with Crippen molar-refractivity contribution in [2.24, 2.45) is 5.92 Å². The number of aromatic nitrogens is 5. The minimum Gasteiger partial charge on any atom is -0.483 e.